The SMILES string of the molecule is CCC(C)(c1ccc(C)s1)C(C)(CC)C(C)C. The highest BCUT2D eigenvalue weighted by Crippen LogP contribution is 2.52. The molecule has 98 valence electrons. The van der Waals surface area contributed by atoms with Crippen LogP contribution in [0.4, 0.5) is 0 Å². The fourth-order valence-corrected chi connectivity index (χ4v) is 4.25. The van der Waals surface area contributed by atoms with Gasteiger partial charge in [0.2, 0.25) is 0 Å². The molecular weight excluding hydrogens is 224 g/mol. The molecule has 17 heavy (non-hydrogen) atoms. The van der Waals surface area contributed by atoms with Gasteiger partial charge in [0, 0.05) is 15.2 Å². The van der Waals surface area contributed by atoms with Gasteiger partial charge in [-0.2, -0.15) is 0 Å². The lowest BCUT2D eigenvalue weighted by Gasteiger charge is -2.49. The second-order valence-corrected chi connectivity index (χ2v) is 7.31. The molecule has 1 heteroatoms. The summed E-state index contributed by atoms with van der Waals surface area (Å²) >= 11 is 1.98. The van der Waals surface area contributed by atoms with Gasteiger partial charge in [0.1, 0.15) is 0 Å². The summed E-state index contributed by atoms with van der Waals surface area (Å²) in [7, 11) is 0. The summed E-state index contributed by atoms with van der Waals surface area (Å²) in [6, 6.07) is 4.62. The Morgan fingerprint density at radius 2 is 1.71 bits per heavy atom. The van der Waals surface area contributed by atoms with Crippen LogP contribution in [0.25, 0.3) is 0 Å². The van der Waals surface area contributed by atoms with Crippen LogP contribution in [0.2, 0.25) is 0 Å². The summed E-state index contributed by atoms with van der Waals surface area (Å²) in [5.74, 6) is 0.708. The summed E-state index contributed by atoms with van der Waals surface area (Å²) in [5.41, 5.74) is 0.674. The Morgan fingerprint density at radius 3 is 2.00 bits per heavy atom. The third-order valence-electron chi connectivity index (χ3n) is 5.26. The lowest BCUT2D eigenvalue weighted by atomic mass is 9.57. The van der Waals surface area contributed by atoms with Crippen LogP contribution in [0, 0.1) is 18.3 Å². The molecule has 0 fully saturated rings. The Kier molecular flexibility index (Phi) is 4.46. The maximum atomic E-state index is 2.47. The van der Waals surface area contributed by atoms with Gasteiger partial charge >= 0.3 is 0 Å². The van der Waals surface area contributed by atoms with Crippen molar-refractivity contribution in [1.82, 2.24) is 0 Å². The molecule has 0 aliphatic heterocycles. The second-order valence-electron chi connectivity index (χ2n) is 6.02. The van der Waals surface area contributed by atoms with E-state index in [0.717, 1.165) is 0 Å². The van der Waals surface area contributed by atoms with Crippen molar-refractivity contribution in [1.29, 1.82) is 0 Å². The van der Waals surface area contributed by atoms with Crippen LogP contribution in [-0.4, -0.2) is 0 Å². The predicted molar refractivity (Wildman–Crippen MR) is 79.9 cm³/mol. The van der Waals surface area contributed by atoms with Gasteiger partial charge in [-0.25, -0.2) is 0 Å². The van der Waals surface area contributed by atoms with Crippen LogP contribution in [0.3, 0.4) is 0 Å². The summed E-state index contributed by atoms with van der Waals surface area (Å²) in [6.45, 7) is 16.6. The topological polar surface area (TPSA) is 0 Å². The van der Waals surface area contributed by atoms with Crippen LogP contribution < -0.4 is 0 Å². The van der Waals surface area contributed by atoms with E-state index in [4.69, 9.17) is 0 Å². The minimum absolute atomic E-state index is 0.300. The largest absolute Gasteiger partial charge is 0.145 e. The first kappa shape index (κ1) is 14.8. The quantitative estimate of drug-likeness (QED) is 0.621. The van der Waals surface area contributed by atoms with E-state index in [1.165, 1.54) is 17.7 Å². The standard InChI is InChI=1S/C16H28S/c1-8-15(6,12(3)4)16(7,9-2)14-11-10-13(5)17-14/h10-12H,8-9H2,1-7H3. The Labute approximate surface area is 111 Å². The Balaban J connectivity index is 3.28. The molecule has 0 spiro atoms. The molecule has 0 bridgehead atoms. The van der Waals surface area contributed by atoms with E-state index in [2.05, 4.69) is 60.6 Å². The molecule has 0 aliphatic carbocycles. The van der Waals surface area contributed by atoms with E-state index in [1.807, 2.05) is 11.3 Å². The highest BCUT2D eigenvalue weighted by Gasteiger charge is 2.45. The maximum absolute atomic E-state index is 2.47. The van der Waals surface area contributed by atoms with E-state index >= 15 is 0 Å². The zero-order chi connectivity index (χ0) is 13.3. The molecule has 2 atom stereocenters. The average Bonchev–Trinajstić information content (AvgIpc) is 2.73. The summed E-state index contributed by atoms with van der Waals surface area (Å²) in [4.78, 5) is 3.00. The second kappa shape index (κ2) is 5.14. The fourth-order valence-electron chi connectivity index (χ4n) is 3.03. The van der Waals surface area contributed by atoms with Gasteiger partial charge in [0.15, 0.2) is 0 Å². The Morgan fingerprint density at radius 1 is 1.12 bits per heavy atom. The molecule has 0 saturated carbocycles. The molecular formula is C16H28S. The highest BCUT2D eigenvalue weighted by atomic mass is 32.1. The van der Waals surface area contributed by atoms with Gasteiger partial charge in [0.05, 0.1) is 0 Å². The van der Waals surface area contributed by atoms with Crippen LogP contribution in [0.1, 0.15) is 64.1 Å². The minimum atomic E-state index is 0.300. The number of hydrogen-bond acceptors (Lipinski definition) is 1. The third-order valence-corrected chi connectivity index (χ3v) is 6.53. The van der Waals surface area contributed by atoms with Crippen LogP contribution >= 0.6 is 11.3 Å². The first-order chi connectivity index (χ1) is 7.81. The van der Waals surface area contributed by atoms with Crippen molar-refractivity contribution in [3.05, 3.63) is 21.9 Å². The van der Waals surface area contributed by atoms with Crippen molar-refractivity contribution in [3.63, 3.8) is 0 Å². The van der Waals surface area contributed by atoms with Gasteiger partial charge in [-0.3, -0.25) is 0 Å². The first-order valence-electron chi connectivity index (χ1n) is 6.88. The predicted octanol–water partition coefficient (Wildman–Crippen LogP) is 5.80. The highest BCUT2D eigenvalue weighted by molar-refractivity contribution is 7.12. The third kappa shape index (κ3) is 2.31. The van der Waals surface area contributed by atoms with E-state index in [9.17, 15) is 0 Å². The Bertz CT molecular complexity index is 363. The minimum Gasteiger partial charge on any atom is -0.145 e. The smallest absolute Gasteiger partial charge is 0.0113 e. The molecule has 0 N–H and O–H groups in total. The summed E-state index contributed by atoms with van der Waals surface area (Å²) in [5, 5.41) is 0. The lowest BCUT2D eigenvalue weighted by molar-refractivity contribution is 0.0805. The molecule has 0 aromatic carbocycles. The lowest BCUT2D eigenvalue weighted by Crippen LogP contribution is -2.43. The molecule has 0 radical (unpaired) electrons. The van der Waals surface area contributed by atoms with Crippen molar-refractivity contribution in [2.45, 2.75) is 66.7 Å². The fraction of sp³-hybridized carbons (Fsp3) is 0.750. The van der Waals surface area contributed by atoms with Gasteiger partial charge in [-0.05, 0) is 43.2 Å². The number of rotatable bonds is 5. The Hall–Kier alpha value is -0.300. The summed E-state index contributed by atoms with van der Waals surface area (Å²) < 4.78 is 0. The number of thiophene rings is 1. The van der Waals surface area contributed by atoms with Crippen LogP contribution in [0.5, 0.6) is 0 Å². The van der Waals surface area contributed by atoms with Crippen molar-refractivity contribution >= 4 is 11.3 Å². The zero-order valence-corrected chi connectivity index (χ0v) is 13.4. The number of hydrogen-bond donors (Lipinski definition) is 0. The summed E-state index contributed by atoms with van der Waals surface area (Å²) in [6.07, 6.45) is 2.46. The van der Waals surface area contributed by atoms with Gasteiger partial charge in [0.25, 0.3) is 0 Å². The maximum Gasteiger partial charge on any atom is 0.0113 e. The van der Waals surface area contributed by atoms with E-state index in [0.29, 0.717) is 16.7 Å². The normalized spacial score (nSPS) is 19.1. The van der Waals surface area contributed by atoms with Gasteiger partial charge in [-0.1, -0.05) is 41.5 Å². The van der Waals surface area contributed by atoms with Crippen molar-refractivity contribution in [2.24, 2.45) is 11.3 Å². The molecule has 1 aromatic rings. The first-order valence-corrected chi connectivity index (χ1v) is 7.70. The van der Waals surface area contributed by atoms with E-state index < -0.39 is 0 Å². The molecule has 0 saturated heterocycles. The molecule has 1 aromatic heterocycles. The van der Waals surface area contributed by atoms with E-state index in [-0.39, 0.29) is 0 Å². The van der Waals surface area contributed by atoms with Crippen molar-refractivity contribution in [3.8, 4) is 0 Å². The average molecular weight is 252 g/mol. The van der Waals surface area contributed by atoms with Crippen molar-refractivity contribution < 1.29 is 0 Å². The molecule has 0 aliphatic rings. The van der Waals surface area contributed by atoms with E-state index in [1.54, 1.807) is 4.88 Å². The number of aryl methyl sites for hydroxylation is 1. The monoisotopic (exact) mass is 252 g/mol. The van der Waals surface area contributed by atoms with Crippen molar-refractivity contribution in [2.75, 3.05) is 0 Å². The van der Waals surface area contributed by atoms with Crippen LogP contribution in [0.15, 0.2) is 12.1 Å². The molecule has 0 amide bonds. The zero-order valence-electron chi connectivity index (χ0n) is 12.6. The molecule has 0 nitrogen and oxygen atoms in total. The molecule has 1 rings (SSSR count). The molecule has 2 unspecified atom stereocenters. The van der Waals surface area contributed by atoms with Gasteiger partial charge in [-0.15, -0.1) is 11.3 Å². The van der Waals surface area contributed by atoms with Crippen LogP contribution in [-0.2, 0) is 5.41 Å². The van der Waals surface area contributed by atoms with Gasteiger partial charge < -0.3 is 0 Å². The molecule has 1 heterocycles.